The first-order chi connectivity index (χ1) is 12.0. The second-order valence-corrected chi connectivity index (χ2v) is 4.98. The maximum atomic E-state index is 11.9. The van der Waals surface area contributed by atoms with Crippen LogP contribution in [0.5, 0.6) is 0 Å². The number of carboxylic acids is 1. The lowest BCUT2D eigenvalue weighted by Crippen LogP contribution is -1.98. The molecule has 1 aromatic rings. The largest absolute Gasteiger partial charge is 0.481 e. The van der Waals surface area contributed by atoms with Gasteiger partial charge in [-0.15, -0.1) is 0 Å². The van der Waals surface area contributed by atoms with E-state index >= 15 is 0 Å². The van der Waals surface area contributed by atoms with Gasteiger partial charge in [0.2, 0.25) is 0 Å². The normalized spacial score (nSPS) is 10.2. The van der Waals surface area contributed by atoms with Crippen LogP contribution < -0.4 is 0 Å². The topological polar surface area (TPSA) is 54.4 Å². The van der Waals surface area contributed by atoms with Crippen molar-refractivity contribution in [2.24, 2.45) is 0 Å². The van der Waals surface area contributed by atoms with Gasteiger partial charge in [-0.2, -0.15) is 0 Å². The number of aliphatic carboxylic acids is 1. The van der Waals surface area contributed by atoms with Gasteiger partial charge < -0.3 is 5.11 Å². The van der Waals surface area contributed by atoms with E-state index in [1.54, 1.807) is 6.08 Å². The van der Waals surface area contributed by atoms with E-state index in [-0.39, 0.29) is 5.78 Å². The van der Waals surface area contributed by atoms with Crippen molar-refractivity contribution in [3.05, 3.63) is 66.3 Å². The van der Waals surface area contributed by atoms with Crippen molar-refractivity contribution in [1.82, 2.24) is 0 Å². The number of carbonyl (C=O) groups is 2. The Morgan fingerprint density at radius 1 is 1.12 bits per heavy atom. The summed E-state index contributed by atoms with van der Waals surface area (Å²) in [5.41, 5.74) is 3.01. The van der Waals surface area contributed by atoms with Crippen LogP contribution in [0.15, 0.2) is 55.1 Å². The van der Waals surface area contributed by atoms with Crippen LogP contribution in [-0.2, 0) is 4.79 Å². The third-order valence-electron chi connectivity index (χ3n) is 2.94. The smallest absolute Gasteiger partial charge is 0.300 e. The van der Waals surface area contributed by atoms with Crippen LogP contribution >= 0.6 is 0 Å². The molecule has 0 unspecified atom stereocenters. The molecule has 3 nitrogen and oxygen atoms in total. The van der Waals surface area contributed by atoms with Crippen molar-refractivity contribution in [3.63, 3.8) is 0 Å². The van der Waals surface area contributed by atoms with E-state index in [1.165, 1.54) is 0 Å². The van der Waals surface area contributed by atoms with Gasteiger partial charge in [0.15, 0.2) is 5.78 Å². The average molecular weight is 344 g/mol. The van der Waals surface area contributed by atoms with Crippen molar-refractivity contribution < 1.29 is 14.7 Å². The molecule has 0 aliphatic carbocycles. The molecule has 0 saturated carbocycles. The Hall–Kier alpha value is -2.42. The summed E-state index contributed by atoms with van der Waals surface area (Å²) in [4.78, 5) is 20.9. The Morgan fingerprint density at radius 2 is 1.60 bits per heavy atom. The fourth-order valence-electron chi connectivity index (χ4n) is 1.88. The third kappa shape index (κ3) is 12.6. The third-order valence-corrected chi connectivity index (χ3v) is 2.94. The first kappa shape index (κ1) is 24.8. The van der Waals surface area contributed by atoms with Gasteiger partial charge in [-0.3, -0.25) is 9.59 Å². The molecule has 0 atom stereocenters. The summed E-state index contributed by atoms with van der Waals surface area (Å²) in [5, 5.41) is 7.42. The maximum absolute atomic E-state index is 11.9. The number of carboxylic acid groups (broad SMARTS) is 1. The zero-order valence-corrected chi connectivity index (χ0v) is 16.2. The van der Waals surface area contributed by atoms with Crippen molar-refractivity contribution in [2.75, 3.05) is 0 Å². The van der Waals surface area contributed by atoms with Crippen LogP contribution in [0.25, 0.3) is 5.57 Å². The molecule has 138 valence electrons. The molecule has 0 heterocycles. The molecule has 0 aliphatic heterocycles. The van der Waals surface area contributed by atoms with Crippen LogP contribution in [0.3, 0.4) is 0 Å². The lowest BCUT2D eigenvalue weighted by molar-refractivity contribution is -0.134. The van der Waals surface area contributed by atoms with Crippen molar-refractivity contribution in [1.29, 1.82) is 0 Å². The number of hydrogen-bond acceptors (Lipinski definition) is 2. The Bertz CT molecular complexity index is 559. The molecule has 0 saturated heterocycles. The van der Waals surface area contributed by atoms with Gasteiger partial charge in [0.05, 0.1) is 0 Å². The van der Waals surface area contributed by atoms with Crippen LogP contribution in [-0.4, -0.2) is 16.9 Å². The zero-order chi connectivity index (χ0) is 19.7. The molecule has 3 heteroatoms. The SMILES string of the molecule is C=C/C=C(\C=C/C)c1ccc(C(=O)CCCC)cc1.CC.CC(=O)O. The van der Waals surface area contributed by atoms with Crippen LogP contribution in [0.1, 0.15) is 69.8 Å². The Kier molecular flexibility index (Phi) is 16.3. The summed E-state index contributed by atoms with van der Waals surface area (Å²) in [6.07, 6.45) is 10.4. The maximum Gasteiger partial charge on any atom is 0.300 e. The molecule has 0 fully saturated rings. The number of rotatable bonds is 7. The molecule has 0 amide bonds. The van der Waals surface area contributed by atoms with E-state index in [0.717, 1.165) is 36.5 Å². The molecule has 0 aliphatic rings. The number of allylic oxidation sites excluding steroid dienone is 5. The van der Waals surface area contributed by atoms with Crippen molar-refractivity contribution in [2.45, 2.75) is 53.9 Å². The number of unbranched alkanes of at least 4 members (excludes halogenated alkanes) is 1. The highest BCUT2D eigenvalue weighted by Crippen LogP contribution is 2.18. The first-order valence-electron chi connectivity index (χ1n) is 8.74. The minimum Gasteiger partial charge on any atom is -0.481 e. The summed E-state index contributed by atoms with van der Waals surface area (Å²) in [6, 6.07) is 7.81. The molecule has 0 radical (unpaired) electrons. The minimum absolute atomic E-state index is 0.230. The van der Waals surface area contributed by atoms with E-state index in [9.17, 15) is 4.79 Å². The summed E-state index contributed by atoms with van der Waals surface area (Å²) in [5.74, 6) is -0.603. The van der Waals surface area contributed by atoms with Crippen LogP contribution in [0.4, 0.5) is 0 Å². The van der Waals surface area contributed by atoms with Gasteiger partial charge in [-0.25, -0.2) is 0 Å². The fraction of sp³-hybridized carbons (Fsp3) is 0.364. The molecule has 1 N–H and O–H groups in total. The number of carbonyl (C=O) groups excluding carboxylic acids is 1. The quantitative estimate of drug-likeness (QED) is 0.465. The molecule has 0 aromatic heterocycles. The monoisotopic (exact) mass is 344 g/mol. The summed E-state index contributed by atoms with van der Waals surface area (Å²) in [6.45, 7) is 12.9. The molecule has 25 heavy (non-hydrogen) atoms. The van der Waals surface area contributed by atoms with Crippen molar-refractivity contribution in [3.8, 4) is 0 Å². The first-order valence-corrected chi connectivity index (χ1v) is 8.74. The zero-order valence-electron chi connectivity index (χ0n) is 16.2. The van der Waals surface area contributed by atoms with Gasteiger partial charge in [0.1, 0.15) is 0 Å². The van der Waals surface area contributed by atoms with E-state index in [0.29, 0.717) is 6.42 Å². The van der Waals surface area contributed by atoms with E-state index in [1.807, 2.05) is 63.3 Å². The van der Waals surface area contributed by atoms with Crippen LogP contribution in [0, 0.1) is 0 Å². The van der Waals surface area contributed by atoms with Gasteiger partial charge in [0, 0.05) is 18.9 Å². The molecule has 0 spiro atoms. The number of hydrogen-bond donors (Lipinski definition) is 1. The molecule has 1 aromatic carbocycles. The summed E-state index contributed by atoms with van der Waals surface area (Å²) >= 11 is 0. The second-order valence-electron chi connectivity index (χ2n) is 4.98. The highest BCUT2D eigenvalue weighted by molar-refractivity contribution is 5.96. The Morgan fingerprint density at radius 3 is 2.00 bits per heavy atom. The average Bonchev–Trinajstić information content (AvgIpc) is 2.61. The molecular weight excluding hydrogens is 312 g/mol. The number of Topliss-reactive ketones (excluding diaryl/α,β-unsaturated/α-hetero) is 1. The van der Waals surface area contributed by atoms with E-state index in [2.05, 4.69) is 13.5 Å². The van der Waals surface area contributed by atoms with Gasteiger partial charge >= 0.3 is 0 Å². The summed E-state index contributed by atoms with van der Waals surface area (Å²) in [7, 11) is 0. The Balaban J connectivity index is 0. The molecule has 0 bridgehead atoms. The Labute approximate surface area is 152 Å². The van der Waals surface area contributed by atoms with Crippen LogP contribution in [0.2, 0.25) is 0 Å². The number of ketones is 1. The minimum atomic E-state index is -0.833. The highest BCUT2D eigenvalue weighted by atomic mass is 16.4. The highest BCUT2D eigenvalue weighted by Gasteiger charge is 2.05. The van der Waals surface area contributed by atoms with Gasteiger partial charge in [0.25, 0.3) is 5.97 Å². The summed E-state index contributed by atoms with van der Waals surface area (Å²) < 4.78 is 0. The lowest BCUT2D eigenvalue weighted by Gasteiger charge is -2.04. The fourth-order valence-corrected chi connectivity index (χ4v) is 1.88. The van der Waals surface area contributed by atoms with E-state index < -0.39 is 5.97 Å². The lowest BCUT2D eigenvalue weighted by atomic mass is 10.00. The van der Waals surface area contributed by atoms with E-state index in [4.69, 9.17) is 9.90 Å². The molecular formula is C22H32O3. The standard InChI is InChI=1S/C18H22O.C2H4O2.C2H6/c1-4-7-10-18(19)17-13-11-16(12-14-17)15(8-5-2)9-6-3;1-2(3)4;1-2/h5-6,8-9,11-14H,2,4,7,10H2,1,3H3;1H3,(H,3,4);1-2H3/b9-6-,15-8+;;. The predicted octanol–water partition coefficient (Wildman–Crippen LogP) is 6.32. The predicted molar refractivity (Wildman–Crippen MR) is 108 cm³/mol. The number of benzene rings is 1. The van der Waals surface area contributed by atoms with Gasteiger partial charge in [-0.1, -0.05) is 82.3 Å². The van der Waals surface area contributed by atoms with Crippen molar-refractivity contribution >= 4 is 17.3 Å². The van der Waals surface area contributed by atoms with Gasteiger partial charge in [-0.05, 0) is 24.5 Å². The molecule has 1 rings (SSSR count). The second kappa shape index (κ2) is 16.4.